The third kappa shape index (κ3) is 4.38. The SMILES string of the molecule is Cc1nc(-c2cccc(Nc3nc(N[C@@H]4CCCC[C@@H]4N)ncc3C(N)=O)c2)no1. The number of carbonyl (C=O) groups is 1. The molecule has 1 aliphatic rings. The Labute approximate surface area is 173 Å². The summed E-state index contributed by atoms with van der Waals surface area (Å²) in [5.41, 5.74) is 13.4. The number of hydrogen-bond donors (Lipinski definition) is 4. The van der Waals surface area contributed by atoms with E-state index in [0.29, 0.717) is 29.2 Å². The minimum Gasteiger partial charge on any atom is -0.365 e. The molecule has 0 bridgehead atoms. The van der Waals surface area contributed by atoms with E-state index < -0.39 is 5.91 Å². The number of anilines is 3. The molecule has 1 aromatic carbocycles. The second-order valence-electron chi connectivity index (χ2n) is 7.36. The summed E-state index contributed by atoms with van der Waals surface area (Å²) in [5.74, 6) is 1.04. The smallest absolute Gasteiger partial charge is 0.254 e. The highest BCUT2D eigenvalue weighted by Crippen LogP contribution is 2.25. The van der Waals surface area contributed by atoms with Crippen molar-refractivity contribution < 1.29 is 9.32 Å². The predicted molar refractivity (Wildman–Crippen MR) is 112 cm³/mol. The van der Waals surface area contributed by atoms with Gasteiger partial charge in [0.2, 0.25) is 17.7 Å². The number of nitrogens with zero attached hydrogens (tertiary/aromatic N) is 4. The summed E-state index contributed by atoms with van der Waals surface area (Å²) in [6.07, 6.45) is 5.57. The van der Waals surface area contributed by atoms with E-state index in [1.54, 1.807) is 6.92 Å². The summed E-state index contributed by atoms with van der Waals surface area (Å²) < 4.78 is 5.04. The Kier molecular flexibility index (Phi) is 5.57. The van der Waals surface area contributed by atoms with Crippen LogP contribution in [0.5, 0.6) is 0 Å². The third-order valence-electron chi connectivity index (χ3n) is 5.10. The van der Waals surface area contributed by atoms with Crippen LogP contribution in [0.1, 0.15) is 41.9 Å². The molecule has 0 unspecified atom stereocenters. The quantitative estimate of drug-likeness (QED) is 0.480. The summed E-state index contributed by atoms with van der Waals surface area (Å²) in [6, 6.07) is 7.52. The van der Waals surface area contributed by atoms with Crippen LogP contribution in [-0.2, 0) is 0 Å². The average molecular weight is 408 g/mol. The molecule has 3 aromatic rings. The molecular weight excluding hydrogens is 384 g/mol. The van der Waals surface area contributed by atoms with Crippen molar-refractivity contribution in [3.8, 4) is 11.4 Å². The van der Waals surface area contributed by atoms with Gasteiger partial charge in [0.1, 0.15) is 11.4 Å². The second kappa shape index (κ2) is 8.46. The Hall–Kier alpha value is -3.53. The maximum atomic E-state index is 11.9. The number of benzene rings is 1. The number of primary amides is 1. The molecule has 0 saturated heterocycles. The summed E-state index contributed by atoms with van der Waals surface area (Å²) in [7, 11) is 0. The first kappa shape index (κ1) is 19.8. The van der Waals surface area contributed by atoms with Crippen molar-refractivity contribution in [3.05, 3.63) is 41.9 Å². The van der Waals surface area contributed by atoms with Gasteiger partial charge in [-0.25, -0.2) is 4.98 Å². The fourth-order valence-electron chi connectivity index (χ4n) is 3.52. The minimum absolute atomic E-state index is 0.0460. The van der Waals surface area contributed by atoms with Gasteiger partial charge in [-0.05, 0) is 25.0 Å². The molecule has 156 valence electrons. The summed E-state index contributed by atoms with van der Waals surface area (Å²) >= 11 is 0. The van der Waals surface area contributed by atoms with Crippen LogP contribution in [0.4, 0.5) is 17.5 Å². The van der Waals surface area contributed by atoms with Gasteiger partial charge >= 0.3 is 0 Å². The molecule has 2 atom stereocenters. The predicted octanol–water partition coefficient (Wildman–Crippen LogP) is 2.36. The van der Waals surface area contributed by atoms with Gasteiger partial charge in [-0.2, -0.15) is 9.97 Å². The Bertz CT molecular complexity index is 1050. The Morgan fingerprint density at radius 3 is 2.80 bits per heavy atom. The molecule has 2 heterocycles. The van der Waals surface area contributed by atoms with E-state index in [0.717, 1.165) is 31.2 Å². The van der Waals surface area contributed by atoms with Crippen molar-refractivity contribution in [2.24, 2.45) is 11.5 Å². The maximum absolute atomic E-state index is 11.9. The zero-order valence-corrected chi connectivity index (χ0v) is 16.6. The summed E-state index contributed by atoms with van der Waals surface area (Å²) in [4.78, 5) is 24.9. The highest BCUT2D eigenvalue weighted by molar-refractivity contribution is 5.98. The van der Waals surface area contributed by atoms with Crippen molar-refractivity contribution in [1.82, 2.24) is 20.1 Å². The topological polar surface area (TPSA) is 158 Å². The summed E-state index contributed by atoms with van der Waals surface area (Å²) in [5, 5.41) is 10.4. The molecule has 0 radical (unpaired) electrons. The largest absolute Gasteiger partial charge is 0.365 e. The molecule has 10 heteroatoms. The van der Waals surface area contributed by atoms with Crippen molar-refractivity contribution in [2.75, 3.05) is 10.6 Å². The van der Waals surface area contributed by atoms with Crippen LogP contribution < -0.4 is 22.1 Å². The average Bonchev–Trinajstić information content (AvgIpc) is 3.16. The van der Waals surface area contributed by atoms with Gasteiger partial charge in [0.15, 0.2) is 0 Å². The molecule has 1 amide bonds. The fraction of sp³-hybridized carbons (Fsp3) is 0.350. The standard InChI is InChI=1S/C20H24N8O2/c1-11-24-18(28-30-11)12-5-4-6-13(9-12)25-19-14(17(22)29)10-23-20(27-19)26-16-8-3-2-7-15(16)21/h4-6,9-10,15-16H,2-3,7-8,21H2,1H3,(H2,22,29)(H2,23,25,26,27)/t15-,16+/m0/s1. The van der Waals surface area contributed by atoms with Crippen molar-refractivity contribution in [1.29, 1.82) is 0 Å². The first-order valence-corrected chi connectivity index (χ1v) is 9.86. The van der Waals surface area contributed by atoms with Gasteiger partial charge in [-0.15, -0.1) is 0 Å². The van der Waals surface area contributed by atoms with E-state index in [-0.39, 0.29) is 17.6 Å². The first-order chi connectivity index (χ1) is 14.5. The molecule has 0 aliphatic heterocycles. The molecule has 30 heavy (non-hydrogen) atoms. The number of aromatic nitrogens is 4. The van der Waals surface area contributed by atoms with Crippen LogP contribution in [0, 0.1) is 6.92 Å². The van der Waals surface area contributed by atoms with Gasteiger partial charge in [-0.1, -0.05) is 30.1 Å². The molecule has 10 nitrogen and oxygen atoms in total. The lowest BCUT2D eigenvalue weighted by Crippen LogP contribution is -2.43. The summed E-state index contributed by atoms with van der Waals surface area (Å²) in [6.45, 7) is 1.73. The Morgan fingerprint density at radius 2 is 2.07 bits per heavy atom. The Balaban J connectivity index is 1.60. The van der Waals surface area contributed by atoms with Crippen LogP contribution in [0.2, 0.25) is 0 Å². The first-order valence-electron chi connectivity index (χ1n) is 9.86. The van der Waals surface area contributed by atoms with Crippen molar-refractivity contribution in [3.63, 3.8) is 0 Å². The van der Waals surface area contributed by atoms with Gasteiger partial charge in [0.25, 0.3) is 5.91 Å². The second-order valence-corrected chi connectivity index (χ2v) is 7.36. The van der Waals surface area contributed by atoms with E-state index in [9.17, 15) is 4.79 Å². The van der Waals surface area contributed by atoms with E-state index in [2.05, 4.69) is 30.7 Å². The van der Waals surface area contributed by atoms with Crippen LogP contribution >= 0.6 is 0 Å². The van der Waals surface area contributed by atoms with Crippen molar-refractivity contribution >= 4 is 23.4 Å². The van der Waals surface area contributed by atoms with Gasteiger partial charge in [-0.3, -0.25) is 4.79 Å². The monoisotopic (exact) mass is 408 g/mol. The fourth-order valence-corrected chi connectivity index (χ4v) is 3.52. The number of amides is 1. The van der Waals surface area contributed by atoms with Gasteiger partial charge in [0, 0.05) is 36.5 Å². The maximum Gasteiger partial charge on any atom is 0.254 e. The number of rotatable bonds is 6. The van der Waals surface area contributed by atoms with E-state index in [4.69, 9.17) is 16.0 Å². The number of carbonyl (C=O) groups excluding carboxylic acids is 1. The highest BCUT2D eigenvalue weighted by Gasteiger charge is 2.23. The number of hydrogen-bond acceptors (Lipinski definition) is 9. The highest BCUT2D eigenvalue weighted by atomic mass is 16.5. The van der Waals surface area contributed by atoms with Crippen LogP contribution in [0.15, 0.2) is 35.0 Å². The van der Waals surface area contributed by atoms with E-state index in [1.165, 1.54) is 6.20 Å². The lowest BCUT2D eigenvalue weighted by molar-refractivity contribution is 0.100. The van der Waals surface area contributed by atoms with E-state index >= 15 is 0 Å². The molecule has 2 aromatic heterocycles. The zero-order valence-electron chi connectivity index (χ0n) is 16.6. The lowest BCUT2D eigenvalue weighted by Gasteiger charge is -2.29. The normalized spacial score (nSPS) is 18.7. The van der Waals surface area contributed by atoms with Gasteiger partial charge < -0.3 is 26.6 Å². The minimum atomic E-state index is -0.622. The van der Waals surface area contributed by atoms with Crippen LogP contribution in [0.25, 0.3) is 11.4 Å². The zero-order chi connectivity index (χ0) is 21.1. The van der Waals surface area contributed by atoms with Crippen LogP contribution in [0.3, 0.4) is 0 Å². The molecular formula is C20H24N8O2. The molecule has 1 saturated carbocycles. The van der Waals surface area contributed by atoms with Crippen LogP contribution in [-0.4, -0.2) is 38.1 Å². The number of nitrogens with one attached hydrogen (secondary N) is 2. The molecule has 4 rings (SSSR count). The molecule has 0 spiro atoms. The third-order valence-corrected chi connectivity index (χ3v) is 5.10. The Morgan fingerprint density at radius 1 is 1.23 bits per heavy atom. The molecule has 1 fully saturated rings. The number of aryl methyl sites for hydroxylation is 1. The number of nitrogens with two attached hydrogens (primary N) is 2. The van der Waals surface area contributed by atoms with Gasteiger partial charge in [0.05, 0.1) is 0 Å². The lowest BCUT2D eigenvalue weighted by atomic mass is 9.91. The van der Waals surface area contributed by atoms with E-state index in [1.807, 2.05) is 24.3 Å². The molecule has 6 N–H and O–H groups in total. The van der Waals surface area contributed by atoms with Crippen molar-refractivity contribution in [2.45, 2.75) is 44.7 Å². The molecule has 1 aliphatic carbocycles.